The third-order valence-corrected chi connectivity index (χ3v) is 12.1. The highest BCUT2D eigenvalue weighted by Crippen LogP contribution is 2.15. The lowest BCUT2D eigenvalue weighted by atomic mass is 10.1. The topological polar surface area (TPSA) is 95.9 Å². The largest absolute Gasteiger partial charge is 0.466 e. The molecule has 0 aromatic rings. The number of allylic oxidation sites excluding steroid dienone is 5. The number of amides is 1. The molecule has 3 N–H and O–H groups in total. The Labute approximate surface area is 379 Å². The van der Waals surface area contributed by atoms with Gasteiger partial charge in [0.25, 0.3) is 0 Å². The van der Waals surface area contributed by atoms with Crippen LogP contribution in [0.4, 0.5) is 0 Å². The van der Waals surface area contributed by atoms with Gasteiger partial charge in [-0.15, -0.1) is 0 Å². The van der Waals surface area contributed by atoms with E-state index in [4.69, 9.17) is 4.74 Å². The van der Waals surface area contributed by atoms with Crippen LogP contribution in [0.2, 0.25) is 0 Å². The summed E-state index contributed by atoms with van der Waals surface area (Å²) in [6, 6.07) is -0.638. The highest BCUT2D eigenvalue weighted by molar-refractivity contribution is 5.76. The summed E-state index contributed by atoms with van der Waals surface area (Å²) >= 11 is 0. The predicted octanol–water partition coefficient (Wildman–Crippen LogP) is 16.1. The molecule has 0 bridgehead atoms. The molecule has 0 fully saturated rings. The lowest BCUT2D eigenvalue weighted by Gasteiger charge is -2.20. The normalized spacial score (nSPS) is 12.9. The molecular weight excluding hydrogens is 755 g/mol. The van der Waals surface area contributed by atoms with Crippen molar-refractivity contribution in [1.82, 2.24) is 5.32 Å². The first kappa shape index (κ1) is 59.1. The van der Waals surface area contributed by atoms with Gasteiger partial charge in [0.1, 0.15) is 0 Å². The fourth-order valence-electron chi connectivity index (χ4n) is 7.97. The van der Waals surface area contributed by atoms with Crippen molar-refractivity contribution in [3.8, 4) is 0 Å². The van der Waals surface area contributed by atoms with Crippen molar-refractivity contribution in [3.63, 3.8) is 0 Å². The summed E-state index contributed by atoms with van der Waals surface area (Å²) in [6.07, 6.45) is 61.5. The molecule has 0 aliphatic rings. The number of rotatable bonds is 49. The van der Waals surface area contributed by atoms with Gasteiger partial charge in [-0.3, -0.25) is 9.59 Å². The first-order chi connectivity index (χ1) is 30.0. The van der Waals surface area contributed by atoms with E-state index in [0.29, 0.717) is 19.4 Å². The minimum Gasteiger partial charge on any atom is -0.466 e. The lowest BCUT2D eigenvalue weighted by Crippen LogP contribution is -2.45. The zero-order valence-corrected chi connectivity index (χ0v) is 40.6. The van der Waals surface area contributed by atoms with E-state index in [2.05, 4.69) is 43.5 Å². The third-order valence-electron chi connectivity index (χ3n) is 12.1. The second-order valence-electron chi connectivity index (χ2n) is 18.2. The zero-order valence-electron chi connectivity index (χ0n) is 40.6. The number of hydrogen-bond acceptors (Lipinski definition) is 5. The Morgan fingerprint density at radius 2 is 0.770 bits per heavy atom. The highest BCUT2D eigenvalue weighted by Gasteiger charge is 2.18. The van der Waals surface area contributed by atoms with Gasteiger partial charge < -0.3 is 20.3 Å². The quantitative estimate of drug-likeness (QED) is 0.0322. The van der Waals surface area contributed by atoms with E-state index in [1.807, 2.05) is 6.08 Å². The van der Waals surface area contributed by atoms with Gasteiger partial charge in [0.2, 0.25) is 5.91 Å². The minimum absolute atomic E-state index is 0.0152. The van der Waals surface area contributed by atoms with Crippen LogP contribution in [-0.2, 0) is 14.3 Å². The number of carbonyl (C=O) groups is 2. The number of unbranched alkanes of at least 4 members (excludes halogenated alkanes) is 34. The van der Waals surface area contributed by atoms with E-state index >= 15 is 0 Å². The van der Waals surface area contributed by atoms with Crippen LogP contribution in [0.1, 0.15) is 277 Å². The maximum atomic E-state index is 12.4. The number of nitrogens with one attached hydrogen (secondary N) is 1. The van der Waals surface area contributed by atoms with Crippen LogP contribution >= 0.6 is 0 Å². The summed E-state index contributed by atoms with van der Waals surface area (Å²) in [6.45, 7) is 4.85. The van der Waals surface area contributed by atoms with Crippen molar-refractivity contribution in [3.05, 3.63) is 36.5 Å². The van der Waals surface area contributed by atoms with E-state index in [1.54, 1.807) is 6.08 Å². The number of ether oxygens (including phenoxy) is 1. The summed E-state index contributed by atoms with van der Waals surface area (Å²) < 4.78 is 5.46. The fraction of sp³-hybridized carbons (Fsp3) is 0.855. The summed E-state index contributed by atoms with van der Waals surface area (Å²) in [7, 11) is 0. The standard InChI is InChI=1S/C55H103NO5/c1-3-5-7-9-11-13-15-17-18-19-22-25-29-33-37-41-45-49-55(60)61-50-46-42-38-34-30-26-23-20-21-24-28-32-36-40-44-48-54(59)56-52(51-57)53(58)47-43-39-35-31-27-16-14-12-10-8-6-4-2/h17-18,23,26,43,47,52-53,57-58H,3-16,19-22,24-25,27-42,44-46,48-51H2,1-2H3,(H,56,59)/b18-17-,26-23-,47-43+. The monoisotopic (exact) mass is 858 g/mol. The Balaban J connectivity index is 3.49. The molecule has 0 aliphatic carbocycles. The van der Waals surface area contributed by atoms with Gasteiger partial charge in [-0.1, -0.05) is 217 Å². The summed E-state index contributed by atoms with van der Waals surface area (Å²) in [5, 5.41) is 23.0. The summed E-state index contributed by atoms with van der Waals surface area (Å²) in [5.74, 6) is -0.0999. The first-order valence-electron chi connectivity index (χ1n) is 26.8. The molecule has 0 aliphatic heterocycles. The molecule has 0 aromatic heterocycles. The molecule has 0 heterocycles. The molecular formula is C55H103NO5. The molecule has 2 atom stereocenters. The average Bonchev–Trinajstić information content (AvgIpc) is 3.26. The second kappa shape index (κ2) is 50.7. The number of aliphatic hydroxyl groups is 2. The predicted molar refractivity (Wildman–Crippen MR) is 264 cm³/mol. The number of aliphatic hydroxyl groups excluding tert-OH is 2. The van der Waals surface area contributed by atoms with E-state index in [9.17, 15) is 19.8 Å². The van der Waals surface area contributed by atoms with Crippen molar-refractivity contribution in [2.45, 2.75) is 289 Å². The average molecular weight is 858 g/mol. The third kappa shape index (κ3) is 47.4. The van der Waals surface area contributed by atoms with Crippen LogP contribution in [0.3, 0.4) is 0 Å². The van der Waals surface area contributed by atoms with Gasteiger partial charge >= 0.3 is 5.97 Å². The van der Waals surface area contributed by atoms with Crippen LogP contribution in [0.5, 0.6) is 0 Å². The zero-order chi connectivity index (χ0) is 44.4. The smallest absolute Gasteiger partial charge is 0.305 e. The van der Waals surface area contributed by atoms with Gasteiger partial charge in [0.05, 0.1) is 25.4 Å². The van der Waals surface area contributed by atoms with Crippen molar-refractivity contribution in [2.24, 2.45) is 0 Å². The van der Waals surface area contributed by atoms with Gasteiger partial charge in [-0.05, 0) is 83.5 Å². The van der Waals surface area contributed by atoms with E-state index < -0.39 is 12.1 Å². The van der Waals surface area contributed by atoms with E-state index in [-0.39, 0.29) is 18.5 Å². The maximum absolute atomic E-state index is 12.4. The van der Waals surface area contributed by atoms with Crippen molar-refractivity contribution in [2.75, 3.05) is 13.2 Å². The van der Waals surface area contributed by atoms with E-state index in [0.717, 1.165) is 70.6 Å². The maximum Gasteiger partial charge on any atom is 0.305 e. The first-order valence-corrected chi connectivity index (χ1v) is 26.8. The highest BCUT2D eigenvalue weighted by atomic mass is 16.5. The second-order valence-corrected chi connectivity index (χ2v) is 18.2. The van der Waals surface area contributed by atoms with Crippen LogP contribution < -0.4 is 5.32 Å². The molecule has 1 amide bonds. The Hall–Kier alpha value is -1.92. The molecule has 6 nitrogen and oxygen atoms in total. The Morgan fingerprint density at radius 3 is 1.16 bits per heavy atom. The Morgan fingerprint density at radius 1 is 0.443 bits per heavy atom. The molecule has 0 saturated carbocycles. The number of hydrogen-bond donors (Lipinski definition) is 3. The van der Waals surface area contributed by atoms with Crippen molar-refractivity contribution in [1.29, 1.82) is 0 Å². The molecule has 358 valence electrons. The fourth-order valence-corrected chi connectivity index (χ4v) is 7.97. The minimum atomic E-state index is -0.853. The van der Waals surface area contributed by atoms with Crippen molar-refractivity contribution < 1.29 is 24.5 Å². The SMILES string of the molecule is CCCCCCCC/C=C\CCCCCCCCCC(=O)OCCCCCC/C=C\CCCCCCCCCC(=O)NC(CO)C(O)/C=C/CCCCCCCCCCCC. The molecule has 2 unspecified atom stereocenters. The summed E-state index contributed by atoms with van der Waals surface area (Å²) in [4.78, 5) is 24.5. The lowest BCUT2D eigenvalue weighted by molar-refractivity contribution is -0.143. The number of carbonyl (C=O) groups excluding carboxylic acids is 2. The van der Waals surface area contributed by atoms with Crippen LogP contribution in [0.25, 0.3) is 0 Å². The summed E-state index contributed by atoms with van der Waals surface area (Å²) in [5.41, 5.74) is 0. The van der Waals surface area contributed by atoms with Gasteiger partial charge in [-0.25, -0.2) is 0 Å². The Bertz CT molecular complexity index is 993. The Kier molecular flexibility index (Phi) is 49.1. The van der Waals surface area contributed by atoms with Gasteiger partial charge in [-0.2, -0.15) is 0 Å². The van der Waals surface area contributed by atoms with Crippen LogP contribution in [-0.4, -0.2) is 47.4 Å². The molecule has 0 spiro atoms. The molecule has 0 radical (unpaired) electrons. The molecule has 0 rings (SSSR count). The van der Waals surface area contributed by atoms with E-state index in [1.165, 1.54) is 180 Å². The van der Waals surface area contributed by atoms with Crippen LogP contribution in [0.15, 0.2) is 36.5 Å². The molecule has 6 heteroatoms. The van der Waals surface area contributed by atoms with Gasteiger partial charge in [0, 0.05) is 12.8 Å². The molecule has 0 aromatic carbocycles. The van der Waals surface area contributed by atoms with Crippen molar-refractivity contribution >= 4 is 11.9 Å². The number of esters is 1. The molecule has 0 saturated heterocycles. The molecule has 61 heavy (non-hydrogen) atoms. The van der Waals surface area contributed by atoms with Gasteiger partial charge in [0.15, 0.2) is 0 Å². The van der Waals surface area contributed by atoms with Crippen LogP contribution in [0, 0.1) is 0 Å².